The second-order valence-corrected chi connectivity index (χ2v) is 11.7. The molecule has 4 rings (SSSR count). The first-order valence-electron chi connectivity index (χ1n) is 15.8. The van der Waals surface area contributed by atoms with E-state index >= 15 is 0 Å². The van der Waals surface area contributed by atoms with Gasteiger partial charge in [0.05, 0.1) is 30.5 Å². The minimum Gasteiger partial charge on any atom is -0.490 e. The molecule has 3 heterocycles. The van der Waals surface area contributed by atoms with Crippen LogP contribution >= 0.6 is 0 Å². The smallest absolute Gasteiger partial charge is 0.238 e. The third-order valence-corrected chi connectivity index (χ3v) is 8.25. The minimum atomic E-state index is -0.606. The Bertz CT molecular complexity index is 1110. The van der Waals surface area contributed by atoms with Crippen molar-refractivity contribution in [3.05, 3.63) is 36.0 Å². The quantitative estimate of drug-likeness (QED) is 0.352. The molecule has 1 amide bonds. The molecule has 1 aromatic heterocycles. The summed E-state index contributed by atoms with van der Waals surface area (Å²) in [5.74, 6) is 1.20. The van der Waals surface area contributed by atoms with Crippen LogP contribution in [0, 0.1) is 11.8 Å². The fourth-order valence-corrected chi connectivity index (χ4v) is 5.12. The molecule has 0 aliphatic carbocycles. The number of aryl methyl sites for hydroxylation is 1. The fourth-order valence-electron chi connectivity index (χ4n) is 5.12. The molecule has 0 saturated carbocycles. The summed E-state index contributed by atoms with van der Waals surface area (Å²) in [6.45, 7) is 15.0. The summed E-state index contributed by atoms with van der Waals surface area (Å²) >= 11 is 0. The number of ether oxygens (including phenoxy) is 1. The number of likely N-dealkylation sites (N-methyl/N-ethyl adjacent to an activating group) is 1. The van der Waals surface area contributed by atoms with Gasteiger partial charge < -0.3 is 30.0 Å². The second-order valence-electron chi connectivity index (χ2n) is 11.7. The van der Waals surface area contributed by atoms with E-state index in [2.05, 4.69) is 29.3 Å². The number of benzene rings is 1. The average molecular weight is 602 g/mol. The number of nitrogens with one attached hydrogen (secondary N) is 1. The number of amides is 1. The lowest BCUT2D eigenvalue weighted by atomic mass is 10.0. The van der Waals surface area contributed by atoms with Crippen LogP contribution < -0.4 is 10.1 Å². The molecule has 43 heavy (non-hydrogen) atoms. The van der Waals surface area contributed by atoms with E-state index in [0.29, 0.717) is 24.6 Å². The molecule has 0 bridgehead atoms. The largest absolute Gasteiger partial charge is 0.490 e. The molecule has 0 spiro atoms. The molecule has 2 aromatic rings. The van der Waals surface area contributed by atoms with Gasteiger partial charge in [0.2, 0.25) is 5.91 Å². The third kappa shape index (κ3) is 10.4. The van der Waals surface area contributed by atoms with Gasteiger partial charge in [0.25, 0.3) is 0 Å². The molecule has 10 heteroatoms. The van der Waals surface area contributed by atoms with E-state index < -0.39 is 18.2 Å². The van der Waals surface area contributed by atoms with Gasteiger partial charge in [-0.05, 0) is 58.3 Å². The lowest BCUT2D eigenvalue weighted by Crippen LogP contribution is -2.43. The molecule has 3 N–H and O–H groups in total. The molecule has 2 aliphatic rings. The first-order valence-corrected chi connectivity index (χ1v) is 15.8. The van der Waals surface area contributed by atoms with Gasteiger partial charge in [-0.1, -0.05) is 46.8 Å². The van der Waals surface area contributed by atoms with Crippen LogP contribution in [0.1, 0.15) is 72.4 Å². The van der Waals surface area contributed by atoms with Crippen LogP contribution in [0.2, 0.25) is 0 Å². The number of likely N-dealkylation sites (tertiary alicyclic amines) is 2. The van der Waals surface area contributed by atoms with E-state index in [4.69, 9.17) is 4.74 Å². The summed E-state index contributed by atoms with van der Waals surface area (Å²) < 4.78 is 8.44. The highest BCUT2D eigenvalue weighted by Crippen LogP contribution is 2.33. The molecule has 4 unspecified atom stereocenters. The van der Waals surface area contributed by atoms with Gasteiger partial charge in [-0.15, -0.1) is 0 Å². The monoisotopic (exact) mass is 601 g/mol. The van der Waals surface area contributed by atoms with Crippen molar-refractivity contribution in [1.82, 2.24) is 24.9 Å². The number of β-amino-alcohol motifs (C(OH)–C–C–N with tert-alkyl or cyclic N) is 1. The zero-order chi connectivity index (χ0) is 32.1. The Morgan fingerprint density at radius 3 is 2.35 bits per heavy atom. The van der Waals surface area contributed by atoms with Crippen molar-refractivity contribution < 1.29 is 24.5 Å². The number of hydrogen-bond donors (Lipinski definition) is 3. The van der Waals surface area contributed by atoms with Gasteiger partial charge in [0, 0.05) is 49.4 Å². The predicted molar refractivity (Wildman–Crippen MR) is 171 cm³/mol. The zero-order valence-corrected chi connectivity index (χ0v) is 27.5. The fraction of sp³-hybridized carbons (Fsp3) is 0.667. The van der Waals surface area contributed by atoms with Crippen molar-refractivity contribution in [3.63, 3.8) is 0 Å². The van der Waals surface area contributed by atoms with Gasteiger partial charge in [-0.3, -0.25) is 14.4 Å². The van der Waals surface area contributed by atoms with E-state index in [9.17, 15) is 19.8 Å². The number of nitrogens with zero attached hydrogens (tertiary/aromatic N) is 4. The standard InChI is InChI=1S/C25H37N5O4.C6H12O.C2H6/c1-4-30-22(7-10-26-30)17-5-6-20(24(13-17)34-19-8-11-28(2)12-9-19)21(16-31)27-25(33)23-14-18(32)15-29(23)3;1-5(2)6(3)4-7;1-2/h5-7,10,13,18-19,21,23,31-32H,4,8-9,11-12,14-16H2,1-3H3,(H,27,33);4-6H,1-3H3;1-2H3. The maximum Gasteiger partial charge on any atom is 0.238 e. The molecular formula is C33H55N5O5. The molecule has 2 fully saturated rings. The van der Waals surface area contributed by atoms with Gasteiger partial charge in [0.1, 0.15) is 18.1 Å². The minimum absolute atomic E-state index is 0.0763. The molecular weight excluding hydrogens is 546 g/mol. The lowest BCUT2D eigenvalue weighted by molar-refractivity contribution is -0.126. The number of carbonyl (C=O) groups excluding carboxylic acids is 2. The Morgan fingerprint density at radius 2 is 1.84 bits per heavy atom. The number of rotatable bonds is 10. The molecule has 10 nitrogen and oxygen atoms in total. The molecule has 0 radical (unpaired) electrons. The average Bonchev–Trinajstić information content (AvgIpc) is 3.63. The van der Waals surface area contributed by atoms with Crippen molar-refractivity contribution in [2.45, 2.75) is 91.6 Å². The number of aromatic nitrogens is 2. The van der Waals surface area contributed by atoms with Crippen LogP contribution in [0.15, 0.2) is 30.5 Å². The molecule has 2 saturated heterocycles. The topological polar surface area (TPSA) is 120 Å². The van der Waals surface area contributed by atoms with Crippen molar-refractivity contribution in [1.29, 1.82) is 0 Å². The van der Waals surface area contributed by atoms with Crippen LogP contribution in [0.4, 0.5) is 0 Å². The maximum atomic E-state index is 13.0. The van der Waals surface area contributed by atoms with Gasteiger partial charge >= 0.3 is 0 Å². The highest BCUT2D eigenvalue weighted by atomic mass is 16.5. The van der Waals surface area contributed by atoms with Gasteiger partial charge in [-0.2, -0.15) is 5.10 Å². The summed E-state index contributed by atoms with van der Waals surface area (Å²) in [7, 11) is 3.94. The molecule has 1 aromatic carbocycles. The molecule has 242 valence electrons. The first kappa shape index (κ1) is 36.4. The van der Waals surface area contributed by atoms with Gasteiger partial charge in [-0.25, -0.2) is 0 Å². The Hall–Kier alpha value is -2.79. The Labute approximate surface area is 258 Å². The summed E-state index contributed by atoms with van der Waals surface area (Å²) in [4.78, 5) is 27.1. The number of piperidine rings is 1. The normalized spacial score (nSPS) is 20.8. The van der Waals surface area contributed by atoms with Crippen LogP contribution in [-0.2, 0) is 16.1 Å². The number of aldehydes is 1. The number of hydrogen-bond acceptors (Lipinski definition) is 8. The van der Waals surface area contributed by atoms with E-state index in [1.807, 2.05) is 75.5 Å². The van der Waals surface area contributed by atoms with Crippen molar-refractivity contribution in [2.75, 3.05) is 40.3 Å². The van der Waals surface area contributed by atoms with E-state index in [-0.39, 0.29) is 24.5 Å². The van der Waals surface area contributed by atoms with Crippen molar-refractivity contribution >= 4 is 12.2 Å². The third-order valence-electron chi connectivity index (χ3n) is 8.25. The maximum absolute atomic E-state index is 13.0. The SMILES string of the molecule is CC.CC(C)C(C)C=O.CCn1nccc1-c1ccc(C(CO)NC(=O)C2CC(O)CN2C)c(OC2CCN(C)CC2)c1. The Balaban J connectivity index is 0.000000631. The van der Waals surface area contributed by atoms with E-state index in [0.717, 1.165) is 55.6 Å². The van der Waals surface area contributed by atoms with Crippen molar-refractivity contribution in [2.24, 2.45) is 11.8 Å². The predicted octanol–water partition coefficient (Wildman–Crippen LogP) is 3.76. The van der Waals surface area contributed by atoms with Gasteiger partial charge in [0.15, 0.2) is 0 Å². The van der Waals surface area contributed by atoms with Crippen LogP contribution in [0.5, 0.6) is 5.75 Å². The Morgan fingerprint density at radius 1 is 1.16 bits per heavy atom. The van der Waals surface area contributed by atoms with Crippen molar-refractivity contribution in [3.8, 4) is 17.0 Å². The van der Waals surface area contributed by atoms with Crippen LogP contribution in [0.3, 0.4) is 0 Å². The number of aliphatic hydroxyl groups is 2. The highest BCUT2D eigenvalue weighted by molar-refractivity contribution is 5.82. The summed E-state index contributed by atoms with van der Waals surface area (Å²) in [6.07, 6.45) is 4.58. The number of aliphatic hydroxyl groups excluding tert-OH is 2. The highest BCUT2D eigenvalue weighted by Gasteiger charge is 2.35. The summed E-state index contributed by atoms with van der Waals surface area (Å²) in [5.41, 5.74) is 2.73. The van der Waals surface area contributed by atoms with Crippen LogP contribution in [-0.4, -0.2) is 101 Å². The first-order chi connectivity index (χ1) is 20.6. The lowest BCUT2D eigenvalue weighted by Gasteiger charge is -2.31. The zero-order valence-electron chi connectivity index (χ0n) is 27.5. The summed E-state index contributed by atoms with van der Waals surface area (Å²) in [5, 5.41) is 27.5. The number of carbonyl (C=O) groups is 2. The van der Waals surface area contributed by atoms with E-state index in [1.165, 1.54) is 0 Å². The van der Waals surface area contributed by atoms with Crippen LogP contribution in [0.25, 0.3) is 11.3 Å². The second kappa shape index (κ2) is 18.1. The molecule has 2 aliphatic heterocycles. The van der Waals surface area contributed by atoms with E-state index in [1.54, 1.807) is 6.20 Å². The Kier molecular flexibility index (Phi) is 15.3. The summed E-state index contributed by atoms with van der Waals surface area (Å²) in [6, 6.07) is 6.87. The molecule has 4 atom stereocenters.